The molecule has 1 saturated heterocycles. The maximum Gasteiger partial charge on any atom is 0.414 e. The fourth-order valence-corrected chi connectivity index (χ4v) is 4.07. The van der Waals surface area contributed by atoms with Gasteiger partial charge < -0.3 is 15.4 Å². The summed E-state index contributed by atoms with van der Waals surface area (Å²) in [5.41, 5.74) is 2.87. The Bertz CT molecular complexity index is 1180. The van der Waals surface area contributed by atoms with Crippen molar-refractivity contribution in [3.8, 4) is 0 Å². The van der Waals surface area contributed by atoms with Crippen molar-refractivity contribution in [3.05, 3.63) is 82.9 Å². The zero-order valence-electron chi connectivity index (χ0n) is 18.2. The molecule has 0 saturated carbocycles. The number of ether oxygens (including phenoxy) is 1. The molecule has 0 radical (unpaired) electrons. The number of anilines is 2. The van der Waals surface area contributed by atoms with Crippen LogP contribution in [0.5, 0.6) is 0 Å². The third kappa shape index (κ3) is 5.89. The van der Waals surface area contributed by atoms with Gasteiger partial charge in [0.2, 0.25) is 0 Å². The van der Waals surface area contributed by atoms with Crippen molar-refractivity contribution in [2.75, 3.05) is 23.3 Å². The molecule has 1 fully saturated rings. The number of carbonyl (C=O) groups excluding carboxylic acids is 2. The summed E-state index contributed by atoms with van der Waals surface area (Å²) in [4.78, 5) is 26.9. The highest BCUT2D eigenvalue weighted by atomic mass is 35.5. The van der Waals surface area contributed by atoms with Gasteiger partial charge in [-0.15, -0.1) is 0 Å². The Labute approximate surface area is 207 Å². The van der Waals surface area contributed by atoms with Crippen LogP contribution in [0.3, 0.4) is 0 Å². The summed E-state index contributed by atoms with van der Waals surface area (Å²) < 4.78 is 5.41. The molecule has 1 atom stereocenters. The molecule has 2 aromatic carbocycles. The van der Waals surface area contributed by atoms with E-state index in [1.54, 1.807) is 12.2 Å². The first-order valence-corrected chi connectivity index (χ1v) is 11.5. The third-order valence-electron chi connectivity index (χ3n) is 5.37. The molecule has 1 unspecified atom stereocenters. The number of nitrogens with zero attached hydrogens (tertiary/aromatic N) is 1. The average molecular weight is 495 g/mol. The molecule has 34 heavy (non-hydrogen) atoms. The van der Waals surface area contributed by atoms with Crippen LogP contribution in [-0.2, 0) is 16.0 Å². The SMILES string of the molecule is N=C(Cc1ccc(N2CC(CNC(=O)C3=CC(Cl)=CCC3=S)OC2=O)cc1)Nc1ccccc1. The van der Waals surface area contributed by atoms with Gasteiger partial charge in [0.25, 0.3) is 5.91 Å². The number of carbonyl (C=O) groups is 2. The van der Waals surface area contributed by atoms with Crippen molar-refractivity contribution in [3.63, 3.8) is 0 Å². The highest BCUT2D eigenvalue weighted by molar-refractivity contribution is 7.81. The van der Waals surface area contributed by atoms with Gasteiger partial charge in [0.05, 0.1) is 18.7 Å². The molecule has 2 aliphatic rings. The quantitative estimate of drug-likeness (QED) is 0.297. The van der Waals surface area contributed by atoms with E-state index in [0.717, 1.165) is 11.3 Å². The molecule has 174 valence electrons. The Balaban J connectivity index is 1.29. The molecule has 9 heteroatoms. The molecular formula is C25H23ClN4O3S. The minimum absolute atomic E-state index is 0.169. The summed E-state index contributed by atoms with van der Waals surface area (Å²) >= 11 is 11.2. The van der Waals surface area contributed by atoms with E-state index in [9.17, 15) is 9.59 Å². The molecule has 4 rings (SSSR count). The van der Waals surface area contributed by atoms with Crippen LogP contribution < -0.4 is 15.5 Å². The molecule has 3 N–H and O–H groups in total. The lowest BCUT2D eigenvalue weighted by Gasteiger charge is -2.15. The number of rotatable bonds is 7. The first-order valence-electron chi connectivity index (χ1n) is 10.7. The number of amidine groups is 1. The Morgan fingerprint density at radius 1 is 1.18 bits per heavy atom. The highest BCUT2D eigenvalue weighted by Gasteiger charge is 2.33. The van der Waals surface area contributed by atoms with Crippen LogP contribution in [0.2, 0.25) is 0 Å². The van der Waals surface area contributed by atoms with Crippen LogP contribution in [-0.4, -0.2) is 41.9 Å². The molecule has 0 spiro atoms. The molecule has 1 aliphatic heterocycles. The molecule has 2 aromatic rings. The lowest BCUT2D eigenvalue weighted by Crippen LogP contribution is -2.36. The molecule has 0 bridgehead atoms. The van der Waals surface area contributed by atoms with Crippen LogP contribution in [0.1, 0.15) is 12.0 Å². The van der Waals surface area contributed by atoms with Gasteiger partial charge in [0.1, 0.15) is 11.9 Å². The summed E-state index contributed by atoms with van der Waals surface area (Å²) in [6.07, 6.45) is 3.24. The molecule has 1 aliphatic carbocycles. The van der Waals surface area contributed by atoms with E-state index in [4.69, 9.17) is 34.0 Å². The maximum absolute atomic E-state index is 12.5. The van der Waals surface area contributed by atoms with Crippen LogP contribution in [0.4, 0.5) is 16.2 Å². The number of amides is 2. The van der Waals surface area contributed by atoms with Crippen molar-refractivity contribution < 1.29 is 14.3 Å². The molecule has 7 nitrogen and oxygen atoms in total. The van der Waals surface area contributed by atoms with Crippen molar-refractivity contribution >= 4 is 57.9 Å². The average Bonchev–Trinajstić information content (AvgIpc) is 3.20. The zero-order chi connectivity index (χ0) is 24.1. The van der Waals surface area contributed by atoms with Crippen LogP contribution in [0.15, 0.2) is 77.4 Å². The number of nitrogens with one attached hydrogen (secondary N) is 3. The Morgan fingerprint density at radius 3 is 2.65 bits per heavy atom. The first kappa shape index (κ1) is 23.7. The van der Waals surface area contributed by atoms with Crippen molar-refractivity contribution in [2.24, 2.45) is 0 Å². The Kier molecular flexibility index (Phi) is 7.40. The van der Waals surface area contributed by atoms with Crippen LogP contribution in [0, 0.1) is 5.41 Å². The highest BCUT2D eigenvalue weighted by Crippen LogP contribution is 2.23. The predicted octanol–water partition coefficient (Wildman–Crippen LogP) is 4.58. The fourth-order valence-electron chi connectivity index (χ4n) is 3.65. The standard InChI is InChI=1S/C25H23ClN4O3S/c26-17-8-11-22(34)21(13-17)24(31)28-14-20-15-30(25(32)33-20)19-9-6-16(7-10-19)12-23(27)29-18-4-2-1-3-5-18/h1-10,13,20H,11-12,14-15H2,(H2,27,29)(H,28,31). The number of hydrogen-bond acceptors (Lipinski definition) is 5. The summed E-state index contributed by atoms with van der Waals surface area (Å²) in [6, 6.07) is 17.0. The van der Waals surface area contributed by atoms with Gasteiger partial charge in [-0.1, -0.05) is 60.2 Å². The first-order chi connectivity index (χ1) is 16.4. The largest absolute Gasteiger partial charge is 0.442 e. The smallest absolute Gasteiger partial charge is 0.414 e. The van der Waals surface area contributed by atoms with Gasteiger partial charge in [-0.3, -0.25) is 15.1 Å². The number of halogens is 1. The second-order valence-electron chi connectivity index (χ2n) is 7.91. The topological polar surface area (TPSA) is 94.5 Å². The van der Waals surface area contributed by atoms with Crippen LogP contribution in [0.25, 0.3) is 0 Å². The van der Waals surface area contributed by atoms with Gasteiger partial charge in [-0.25, -0.2) is 4.79 Å². The van der Waals surface area contributed by atoms with Gasteiger partial charge in [-0.05, 0) is 35.9 Å². The lowest BCUT2D eigenvalue weighted by atomic mass is 10.0. The van der Waals surface area contributed by atoms with Crippen molar-refractivity contribution in [1.82, 2.24) is 5.32 Å². The van der Waals surface area contributed by atoms with Gasteiger partial charge >= 0.3 is 6.09 Å². The van der Waals surface area contributed by atoms with E-state index in [1.807, 2.05) is 54.6 Å². The summed E-state index contributed by atoms with van der Waals surface area (Å²) in [7, 11) is 0. The minimum atomic E-state index is -0.483. The predicted molar refractivity (Wildman–Crippen MR) is 138 cm³/mol. The number of benzene rings is 2. The molecule has 0 aromatic heterocycles. The van der Waals surface area contributed by atoms with Gasteiger partial charge in [-0.2, -0.15) is 0 Å². The number of cyclic esters (lactones) is 1. The minimum Gasteiger partial charge on any atom is -0.442 e. The van der Waals surface area contributed by atoms with Crippen molar-refractivity contribution in [2.45, 2.75) is 18.9 Å². The number of hydrogen-bond donors (Lipinski definition) is 3. The molecular weight excluding hydrogens is 472 g/mol. The summed E-state index contributed by atoms with van der Waals surface area (Å²) in [5, 5.41) is 14.5. The normalized spacial score (nSPS) is 17.6. The molecule has 2 amide bonds. The zero-order valence-corrected chi connectivity index (χ0v) is 19.8. The van der Waals surface area contributed by atoms with E-state index < -0.39 is 12.2 Å². The van der Waals surface area contributed by atoms with E-state index >= 15 is 0 Å². The number of thiocarbonyl (C=S) groups is 1. The van der Waals surface area contributed by atoms with E-state index in [1.165, 1.54) is 4.90 Å². The fraction of sp³-hybridized carbons (Fsp3) is 0.200. The summed E-state index contributed by atoms with van der Waals surface area (Å²) in [5.74, 6) is 0.0429. The monoisotopic (exact) mass is 494 g/mol. The van der Waals surface area contributed by atoms with Gasteiger partial charge in [0.15, 0.2) is 0 Å². The Morgan fingerprint density at radius 2 is 1.91 bits per heavy atom. The number of allylic oxidation sites excluding steroid dienone is 3. The number of para-hydroxylation sites is 1. The molecule has 1 heterocycles. The van der Waals surface area contributed by atoms with E-state index in [2.05, 4.69) is 10.6 Å². The Hall–Kier alpha value is -3.49. The van der Waals surface area contributed by atoms with Crippen LogP contribution >= 0.6 is 23.8 Å². The van der Waals surface area contributed by atoms with Gasteiger partial charge in [0, 0.05) is 34.1 Å². The van der Waals surface area contributed by atoms with E-state index in [0.29, 0.717) is 46.4 Å². The van der Waals surface area contributed by atoms with Crippen molar-refractivity contribution in [1.29, 1.82) is 5.41 Å². The second-order valence-corrected chi connectivity index (χ2v) is 8.84. The third-order valence-corrected chi connectivity index (χ3v) is 6.02. The maximum atomic E-state index is 12.5. The van der Waals surface area contributed by atoms with E-state index in [-0.39, 0.29) is 12.5 Å². The second kappa shape index (κ2) is 10.6. The lowest BCUT2D eigenvalue weighted by molar-refractivity contribution is -0.117. The summed E-state index contributed by atoms with van der Waals surface area (Å²) in [6.45, 7) is 0.483.